The molecule has 1 N–H and O–H groups in total. The number of nitrogens with zero attached hydrogens (tertiary/aromatic N) is 1. The van der Waals surface area contributed by atoms with Gasteiger partial charge in [0, 0.05) is 25.6 Å². The topological polar surface area (TPSA) is 41.6 Å². The summed E-state index contributed by atoms with van der Waals surface area (Å²) in [5.74, 6) is 0.983. The van der Waals surface area contributed by atoms with Crippen molar-refractivity contribution in [3.05, 3.63) is 11.6 Å². The second-order valence-electron chi connectivity index (χ2n) is 9.45. The van der Waals surface area contributed by atoms with Crippen LogP contribution in [0.15, 0.2) is 11.6 Å². The molecular formula is C22H36N2O2. The Kier molecular flexibility index (Phi) is 5.43. The molecule has 5 atom stereocenters. The Balaban J connectivity index is 1.35. The second kappa shape index (κ2) is 7.63. The van der Waals surface area contributed by atoms with Crippen molar-refractivity contribution >= 4 is 5.97 Å². The molecule has 0 spiro atoms. The van der Waals surface area contributed by atoms with Crippen molar-refractivity contribution in [1.29, 1.82) is 0 Å². The van der Waals surface area contributed by atoms with Crippen LogP contribution in [0.25, 0.3) is 0 Å². The first kappa shape index (κ1) is 18.5. The number of nitrogens with one attached hydrogen (secondary N) is 1. The Morgan fingerprint density at radius 2 is 2.08 bits per heavy atom. The predicted molar refractivity (Wildman–Crippen MR) is 104 cm³/mol. The minimum absolute atomic E-state index is 0.00697. The van der Waals surface area contributed by atoms with Gasteiger partial charge in [-0.25, -0.2) is 0 Å². The summed E-state index contributed by atoms with van der Waals surface area (Å²) in [6.07, 6.45) is 11.5. The highest BCUT2D eigenvalue weighted by Crippen LogP contribution is 2.53. The number of ether oxygens (including phenoxy) is 1. The van der Waals surface area contributed by atoms with E-state index >= 15 is 0 Å². The Hall–Kier alpha value is -0.870. The van der Waals surface area contributed by atoms with Crippen molar-refractivity contribution in [3.8, 4) is 0 Å². The number of piperidine rings is 1. The van der Waals surface area contributed by atoms with Crippen LogP contribution in [0.2, 0.25) is 0 Å². The third kappa shape index (κ3) is 3.60. The molecule has 0 amide bonds. The van der Waals surface area contributed by atoms with Crippen LogP contribution in [-0.4, -0.2) is 49.7 Å². The summed E-state index contributed by atoms with van der Waals surface area (Å²) in [6.45, 7) is 10.1. The summed E-state index contributed by atoms with van der Waals surface area (Å²) < 4.78 is 5.84. The summed E-state index contributed by atoms with van der Waals surface area (Å²) >= 11 is 0. The molecule has 0 aromatic heterocycles. The molecule has 0 radical (unpaired) electrons. The molecule has 0 aromatic carbocycles. The minimum atomic E-state index is 0.00697. The summed E-state index contributed by atoms with van der Waals surface area (Å²) in [7, 11) is 0. The number of hydrogen-bond acceptors (Lipinski definition) is 4. The van der Waals surface area contributed by atoms with E-state index in [1.165, 1.54) is 51.6 Å². The van der Waals surface area contributed by atoms with Crippen molar-refractivity contribution in [1.82, 2.24) is 10.2 Å². The van der Waals surface area contributed by atoms with E-state index in [-0.39, 0.29) is 29.3 Å². The van der Waals surface area contributed by atoms with E-state index in [4.69, 9.17) is 4.74 Å². The van der Waals surface area contributed by atoms with Crippen LogP contribution in [0.3, 0.4) is 0 Å². The zero-order valence-electron chi connectivity index (χ0n) is 16.6. The third-order valence-corrected chi connectivity index (χ3v) is 7.50. The van der Waals surface area contributed by atoms with E-state index in [2.05, 4.69) is 30.1 Å². The molecule has 3 fully saturated rings. The van der Waals surface area contributed by atoms with Gasteiger partial charge in [0.1, 0.15) is 6.10 Å². The van der Waals surface area contributed by atoms with Gasteiger partial charge >= 0.3 is 5.97 Å². The molecule has 26 heavy (non-hydrogen) atoms. The maximum absolute atomic E-state index is 12.5. The molecule has 4 rings (SSSR count). The second-order valence-corrected chi connectivity index (χ2v) is 9.45. The quantitative estimate of drug-likeness (QED) is 0.464. The van der Waals surface area contributed by atoms with Crippen LogP contribution >= 0.6 is 0 Å². The zero-order chi connectivity index (χ0) is 18.1. The van der Waals surface area contributed by atoms with Crippen molar-refractivity contribution in [2.24, 2.45) is 23.2 Å². The highest BCUT2D eigenvalue weighted by Gasteiger charge is 2.51. The van der Waals surface area contributed by atoms with E-state index in [0.717, 1.165) is 26.1 Å². The van der Waals surface area contributed by atoms with Gasteiger partial charge in [-0.2, -0.15) is 0 Å². The lowest BCUT2D eigenvalue weighted by molar-refractivity contribution is -0.145. The highest BCUT2D eigenvalue weighted by atomic mass is 16.6. The molecule has 146 valence electrons. The number of likely N-dealkylation sites (tertiary alicyclic amines) is 1. The van der Waals surface area contributed by atoms with Gasteiger partial charge < -0.3 is 15.0 Å². The molecule has 1 saturated carbocycles. The number of allylic oxidation sites excluding steroid dienone is 1. The first-order chi connectivity index (χ1) is 12.6. The summed E-state index contributed by atoms with van der Waals surface area (Å²) in [5, 5.41) is 3.56. The van der Waals surface area contributed by atoms with Gasteiger partial charge in [0.2, 0.25) is 0 Å². The van der Waals surface area contributed by atoms with Gasteiger partial charge in [-0.05, 0) is 56.5 Å². The zero-order valence-corrected chi connectivity index (χ0v) is 16.6. The first-order valence-corrected chi connectivity index (χ1v) is 10.9. The SMILES string of the molecule is C[C@@H]1CCC[C@]2(C)C[C@H]3OC(=O)[C@@H](CNCCN4CCCCC4)[C@H]3C=C12. The number of rotatable bonds is 5. The van der Waals surface area contributed by atoms with Gasteiger partial charge in [0.15, 0.2) is 0 Å². The molecule has 2 aliphatic heterocycles. The summed E-state index contributed by atoms with van der Waals surface area (Å²) in [5.41, 5.74) is 1.87. The third-order valence-electron chi connectivity index (χ3n) is 7.50. The number of hydrogen-bond donors (Lipinski definition) is 1. The maximum Gasteiger partial charge on any atom is 0.311 e. The molecule has 0 bridgehead atoms. The van der Waals surface area contributed by atoms with Gasteiger partial charge in [0.25, 0.3) is 0 Å². The van der Waals surface area contributed by atoms with Gasteiger partial charge in [-0.1, -0.05) is 38.3 Å². The average Bonchev–Trinajstić information content (AvgIpc) is 2.92. The summed E-state index contributed by atoms with van der Waals surface area (Å²) in [4.78, 5) is 15.1. The smallest absolute Gasteiger partial charge is 0.311 e. The molecule has 2 saturated heterocycles. The number of esters is 1. The normalized spacial score (nSPS) is 40.5. The highest BCUT2D eigenvalue weighted by molar-refractivity contribution is 5.76. The molecule has 2 aliphatic carbocycles. The van der Waals surface area contributed by atoms with E-state index in [9.17, 15) is 4.79 Å². The minimum Gasteiger partial charge on any atom is -0.461 e. The van der Waals surface area contributed by atoms with E-state index in [1.807, 2.05) is 0 Å². The van der Waals surface area contributed by atoms with Crippen LogP contribution in [0, 0.1) is 23.2 Å². The fraction of sp³-hybridized carbons (Fsp3) is 0.864. The largest absolute Gasteiger partial charge is 0.461 e. The van der Waals surface area contributed by atoms with Gasteiger partial charge in [-0.3, -0.25) is 4.79 Å². The van der Waals surface area contributed by atoms with Crippen molar-refractivity contribution < 1.29 is 9.53 Å². The lowest BCUT2D eigenvalue weighted by atomic mass is 9.59. The fourth-order valence-corrected chi connectivity index (χ4v) is 5.96. The molecule has 0 aromatic rings. The number of carbonyl (C=O) groups is 1. The van der Waals surface area contributed by atoms with Crippen LogP contribution in [0.4, 0.5) is 0 Å². The van der Waals surface area contributed by atoms with Gasteiger partial charge in [-0.15, -0.1) is 0 Å². The fourth-order valence-electron chi connectivity index (χ4n) is 5.96. The van der Waals surface area contributed by atoms with Crippen molar-refractivity contribution in [2.75, 3.05) is 32.7 Å². The van der Waals surface area contributed by atoms with Crippen LogP contribution in [-0.2, 0) is 9.53 Å². The summed E-state index contributed by atoms with van der Waals surface area (Å²) in [6, 6.07) is 0. The average molecular weight is 361 g/mol. The predicted octanol–water partition coefficient (Wildman–Crippen LogP) is 3.38. The molecular weight excluding hydrogens is 324 g/mol. The molecule has 4 nitrogen and oxygen atoms in total. The monoisotopic (exact) mass is 360 g/mol. The molecule has 0 unspecified atom stereocenters. The lowest BCUT2D eigenvalue weighted by Gasteiger charge is -2.46. The van der Waals surface area contributed by atoms with Crippen LogP contribution in [0.1, 0.15) is 58.8 Å². The Labute approximate surface area is 158 Å². The molecule has 4 aliphatic rings. The van der Waals surface area contributed by atoms with Crippen LogP contribution < -0.4 is 5.32 Å². The Morgan fingerprint density at radius 1 is 1.27 bits per heavy atom. The number of fused-ring (bicyclic) bond motifs is 2. The first-order valence-electron chi connectivity index (χ1n) is 10.9. The Morgan fingerprint density at radius 3 is 2.88 bits per heavy atom. The standard InChI is InChI=1S/C22H36N2O2/c1-16-7-6-8-22(2)14-20-17(13-19(16)22)18(21(25)26-20)15-23-9-12-24-10-4-3-5-11-24/h13,16-18,20,23H,3-12,14-15H2,1-2H3/t16-,17-,18+,20-,22-/m1/s1. The molecule has 2 heterocycles. The lowest BCUT2D eigenvalue weighted by Crippen LogP contribution is -2.41. The molecule has 4 heteroatoms. The van der Waals surface area contributed by atoms with E-state index in [0.29, 0.717) is 5.92 Å². The van der Waals surface area contributed by atoms with Crippen molar-refractivity contribution in [2.45, 2.75) is 64.9 Å². The maximum atomic E-state index is 12.5. The van der Waals surface area contributed by atoms with Gasteiger partial charge in [0.05, 0.1) is 5.92 Å². The van der Waals surface area contributed by atoms with Crippen LogP contribution in [0.5, 0.6) is 0 Å². The van der Waals surface area contributed by atoms with E-state index < -0.39 is 0 Å². The van der Waals surface area contributed by atoms with Crippen molar-refractivity contribution in [3.63, 3.8) is 0 Å². The number of carbonyl (C=O) groups excluding carboxylic acids is 1. The van der Waals surface area contributed by atoms with E-state index in [1.54, 1.807) is 5.57 Å². The Bertz CT molecular complexity index is 554.